The van der Waals surface area contributed by atoms with Crippen molar-refractivity contribution < 1.29 is 14.7 Å². The molecule has 0 heterocycles. The zero-order valence-electron chi connectivity index (χ0n) is 17.8. The minimum atomic E-state index is -0.714. The van der Waals surface area contributed by atoms with Crippen LogP contribution in [0.2, 0.25) is 0 Å². The standard InChI is InChI=1S/C19H41N7O3/c1-15(13-17(28)24-11-5-4-9-23-10-6-8-20)26-18(29)14-16(27)7-2-3-12-25-19(21)22/h15-16,23,27H,2-14,20H2,1H3,(H,24,28)(H,26,29)(H4,21,22,25). The predicted octanol–water partition coefficient (Wildman–Crippen LogP) is -1.09. The molecule has 0 spiro atoms. The summed E-state index contributed by atoms with van der Waals surface area (Å²) in [7, 11) is 0. The van der Waals surface area contributed by atoms with E-state index in [1.165, 1.54) is 0 Å². The Labute approximate surface area is 174 Å². The van der Waals surface area contributed by atoms with Crippen LogP contribution in [0.3, 0.4) is 0 Å². The monoisotopic (exact) mass is 415 g/mol. The Morgan fingerprint density at radius 3 is 2.34 bits per heavy atom. The second-order valence-corrected chi connectivity index (χ2v) is 7.28. The highest BCUT2D eigenvalue weighted by molar-refractivity contribution is 5.79. The van der Waals surface area contributed by atoms with E-state index >= 15 is 0 Å². The normalized spacial score (nSPS) is 12.8. The van der Waals surface area contributed by atoms with Crippen molar-refractivity contribution in [3.05, 3.63) is 0 Å². The lowest BCUT2D eigenvalue weighted by atomic mass is 10.1. The van der Waals surface area contributed by atoms with Gasteiger partial charge in [-0.1, -0.05) is 0 Å². The van der Waals surface area contributed by atoms with E-state index in [0.717, 1.165) is 45.2 Å². The first kappa shape index (κ1) is 27.1. The smallest absolute Gasteiger partial charge is 0.222 e. The predicted molar refractivity (Wildman–Crippen MR) is 116 cm³/mol. The third-order valence-corrected chi connectivity index (χ3v) is 4.22. The lowest BCUT2D eigenvalue weighted by Gasteiger charge is -2.16. The van der Waals surface area contributed by atoms with Gasteiger partial charge in [-0.25, -0.2) is 0 Å². The van der Waals surface area contributed by atoms with E-state index in [1.807, 2.05) is 0 Å². The Hall–Kier alpha value is -1.91. The van der Waals surface area contributed by atoms with Gasteiger partial charge in [0, 0.05) is 25.6 Å². The van der Waals surface area contributed by atoms with Gasteiger partial charge in [0.25, 0.3) is 0 Å². The SMILES string of the molecule is CC(CC(=O)NCCCCNCCCN)NC(=O)CC(O)CCCCN=C(N)N. The van der Waals surface area contributed by atoms with Crippen molar-refractivity contribution in [1.82, 2.24) is 16.0 Å². The van der Waals surface area contributed by atoms with Gasteiger partial charge in [0.15, 0.2) is 5.96 Å². The maximum absolute atomic E-state index is 12.0. The van der Waals surface area contributed by atoms with Crippen LogP contribution in [-0.2, 0) is 9.59 Å². The molecule has 10 heteroatoms. The number of hydrogen-bond donors (Lipinski definition) is 7. The van der Waals surface area contributed by atoms with E-state index in [1.54, 1.807) is 6.92 Å². The molecule has 2 amide bonds. The van der Waals surface area contributed by atoms with Crippen molar-refractivity contribution in [2.45, 2.75) is 70.4 Å². The molecule has 0 fully saturated rings. The maximum atomic E-state index is 12.0. The number of carbonyl (C=O) groups excluding carboxylic acids is 2. The van der Waals surface area contributed by atoms with Crippen molar-refractivity contribution in [2.24, 2.45) is 22.2 Å². The molecule has 0 aromatic carbocycles. The van der Waals surface area contributed by atoms with Gasteiger partial charge in [0.2, 0.25) is 11.8 Å². The molecule has 0 rings (SSSR count). The summed E-state index contributed by atoms with van der Waals surface area (Å²) in [6.45, 7) is 5.44. The highest BCUT2D eigenvalue weighted by Crippen LogP contribution is 2.05. The first-order valence-electron chi connectivity index (χ1n) is 10.6. The van der Waals surface area contributed by atoms with Gasteiger partial charge in [-0.2, -0.15) is 0 Å². The number of nitrogens with two attached hydrogens (primary N) is 3. The van der Waals surface area contributed by atoms with Crippen molar-refractivity contribution in [3.63, 3.8) is 0 Å². The minimum Gasteiger partial charge on any atom is -0.393 e. The fourth-order valence-electron chi connectivity index (χ4n) is 2.71. The number of amides is 2. The zero-order chi connectivity index (χ0) is 21.9. The van der Waals surface area contributed by atoms with Gasteiger partial charge in [-0.15, -0.1) is 0 Å². The summed E-state index contributed by atoms with van der Waals surface area (Å²) >= 11 is 0. The fraction of sp³-hybridized carbons (Fsp3) is 0.842. The van der Waals surface area contributed by atoms with E-state index in [9.17, 15) is 14.7 Å². The molecule has 29 heavy (non-hydrogen) atoms. The van der Waals surface area contributed by atoms with E-state index in [0.29, 0.717) is 26.1 Å². The maximum Gasteiger partial charge on any atom is 0.222 e. The third-order valence-electron chi connectivity index (χ3n) is 4.22. The van der Waals surface area contributed by atoms with Crippen LogP contribution in [0.4, 0.5) is 0 Å². The summed E-state index contributed by atoms with van der Waals surface area (Å²) in [5, 5.41) is 18.8. The molecule has 10 nitrogen and oxygen atoms in total. The number of aliphatic hydroxyl groups excluding tert-OH is 1. The van der Waals surface area contributed by atoms with Gasteiger partial charge in [-0.05, 0) is 65.1 Å². The molecule has 0 saturated heterocycles. The molecule has 170 valence electrons. The molecule has 0 aliphatic heterocycles. The molecular weight excluding hydrogens is 374 g/mol. The average Bonchev–Trinajstić information content (AvgIpc) is 2.62. The number of hydrogen-bond acceptors (Lipinski definition) is 6. The molecule has 10 N–H and O–H groups in total. The third kappa shape index (κ3) is 19.2. The fourth-order valence-corrected chi connectivity index (χ4v) is 2.71. The minimum absolute atomic E-state index is 0.0193. The van der Waals surface area contributed by atoms with Gasteiger partial charge in [0.1, 0.15) is 0 Å². The van der Waals surface area contributed by atoms with Crippen molar-refractivity contribution in [1.29, 1.82) is 0 Å². The molecule has 0 aromatic heterocycles. The van der Waals surface area contributed by atoms with E-state index in [-0.39, 0.29) is 36.7 Å². The number of aliphatic hydroxyl groups is 1. The Kier molecular flexibility index (Phi) is 16.9. The van der Waals surface area contributed by atoms with Gasteiger partial charge in [0.05, 0.1) is 12.5 Å². The summed E-state index contributed by atoms with van der Waals surface area (Å²) in [6.07, 6.45) is 4.36. The lowest BCUT2D eigenvalue weighted by Crippen LogP contribution is -2.38. The second-order valence-electron chi connectivity index (χ2n) is 7.28. The van der Waals surface area contributed by atoms with Gasteiger partial charge < -0.3 is 38.3 Å². The first-order valence-corrected chi connectivity index (χ1v) is 10.6. The Morgan fingerprint density at radius 1 is 0.966 bits per heavy atom. The van der Waals surface area contributed by atoms with Gasteiger partial charge >= 0.3 is 0 Å². The van der Waals surface area contributed by atoms with Crippen molar-refractivity contribution in [3.8, 4) is 0 Å². The lowest BCUT2D eigenvalue weighted by molar-refractivity contribution is -0.124. The van der Waals surface area contributed by atoms with Crippen LogP contribution in [0.1, 0.15) is 58.3 Å². The van der Waals surface area contributed by atoms with E-state index < -0.39 is 6.10 Å². The number of rotatable bonds is 18. The number of nitrogens with zero attached hydrogens (tertiary/aromatic N) is 1. The summed E-state index contributed by atoms with van der Waals surface area (Å²) < 4.78 is 0. The van der Waals surface area contributed by atoms with Crippen LogP contribution in [0, 0.1) is 0 Å². The molecule has 0 aromatic rings. The molecule has 0 aliphatic carbocycles. The van der Waals surface area contributed by atoms with E-state index in [4.69, 9.17) is 17.2 Å². The molecule has 0 saturated carbocycles. The number of nitrogens with one attached hydrogen (secondary N) is 3. The van der Waals surface area contributed by atoms with Crippen LogP contribution in [0.5, 0.6) is 0 Å². The Bertz CT molecular complexity index is 471. The summed E-state index contributed by atoms with van der Waals surface area (Å²) in [5.41, 5.74) is 15.9. The van der Waals surface area contributed by atoms with Crippen molar-refractivity contribution in [2.75, 3.05) is 32.7 Å². The van der Waals surface area contributed by atoms with E-state index in [2.05, 4.69) is 20.9 Å². The van der Waals surface area contributed by atoms with Crippen LogP contribution in [-0.4, -0.2) is 67.8 Å². The Balaban J connectivity index is 3.72. The summed E-state index contributed by atoms with van der Waals surface area (Å²) in [6, 6.07) is -0.283. The number of guanidine groups is 1. The summed E-state index contributed by atoms with van der Waals surface area (Å²) in [4.78, 5) is 27.7. The highest BCUT2D eigenvalue weighted by Gasteiger charge is 2.15. The number of aliphatic imine (C=N–C) groups is 1. The first-order chi connectivity index (χ1) is 13.8. The largest absolute Gasteiger partial charge is 0.393 e. The molecule has 2 unspecified atom stereocenters. The zero-order valence-corrected chi connectivity index (χ0v) is 17.8. The molecule has 0 aliphatic rings. The molecule has 0 bridgehead atoms. The van der Waals surface area contributed by atoms with Gasteiger partial charge in [-0.3, -0.25) is 14.6 Å². The van der Waals surface area contributed by atoms with Crippen LogP contribution in [0.25, 0.3) is 0 Å². The van der Waals surface area contributed by atoms with Crippen LogP contribution >= 0.6 is 0 Å². The molecule has 0 radical (unpaired) electrons. The van der Waals surface area contributed by atoms with Crippen LogP contribution in [0.15, 0.2) is 4.99 Å². The van der Waals surface area contributed by atoms with Crippen LogP contribution < -0.4 is 33.2 Å². The second kappa shape index (κ2) is 18.1. The highest BCUT2D eigenvalue weighted by atomic mass is 16.3. The Morgan fingerprint density at radius 2 is 1.66 bits per heavy atom. The molecular formula is C19H41N7O3. The number of carbonyl (C=O) groups is 2. The number of unbranched alkanes of at least 4 members (excludes halogenated alkanes) is 2. The van der Waals surface area contributed by atoms with Crippen molar-refractivity contribution >= 4 is 17.8 Å². The average molecular weight is 416 g/mol. The summed E-state index contributed by atoms with van der Waals surface area (Å²) in [5.74, 6) is -0.293. The topological polar surface area (TPSA) is 181 Å². The quantitative estimate of drug-likeness (QED) is 0.0843. The molecule has 2 atom stereocenters.